The van der Waals surface area contributed by atoms with Crippen molar-refractivity contribution in [2.75, 3.05) is 6.61 Å². The van der Waals surface area contributed by atoms with Crippen molar-refractivity contribution < 1.29 is 19.7 Å². The molecule has 1 saturated heterocycles. The highest BCUT2D eigenvalue weighted by Gasteiger charge is 2.21. The lowest BCUT2D eigenvalue weighted by atomic mass is 10.0. The zero-order valence-electron chi connectivity index (χ0n) is 11.9. The number of cyclic esters (lactones) is 1. The summed E-state index contributed by atoms with van der Waals surface area (Å²) in [4.78, 5) is 11.4. The van der Waals surface area contributed by atoms with Crippen LogP contribution in [0, 0.1) is 0 Å². The number of hydrogen-bond acceptors (Lipinski definition) is 4. The molecule has 0 aromatic heterocycles. The van der Waals surface area contributed by atoms with Crippen LogP contribution in [0.4, 0.5) is 0 Å². The predicted octanol–water partition coefficient (Wildman–Crippen LogP) is 2.91. The number of esters is 1. The van der Waals surface area contributed by atoms with Crippen molar-refractivity contribution in [2.45, 2.75) is 82.8 Å². The lowest BCUT2D eigenvalue weighted by Crippen LogP contribution is -2.28. The summed E-state index contributed by atoms with van der Waals surface area (Å²) < 4.78 is 5.07. The number of rotatable bonds is 0. The number of hydrogen-bond donors (Lipinski definition) is 2. The highest BCUT2D eigenvalue weighted by Crippen LogP contribution is 2.19. The quantitative estimate of drug-likeness (QED) is 0.525. The Kier molecular flexibility index (Phi) is 8.07. The van der Waals surface area contributed by atoms with E-state index in [1.54, 1.807) is 0 Å². The van der Waals surface area contributed by atoms with E-state index in [1.165, 1.54) is 19.3 Å². The highest BCUT2D eigenvalue weighted by molar-refractivity contribution is 5.69. The second kappa shape index (κ2) is 9.32. The second-order valence-corrected chi connectivity index (χ2v) is 5.63. The standard InChI is InChI=1S/C15H28O4/c16-14-10-7-5-3-1-2-4-6-8-11-15(17,18)12-9-13-19-14/h17-18H,1-13H2. The summed E-state index contributed by atoms with van der Waals surface area (Å²) in [5, 5.41) is 19.5. The van der Waals surface area contributed by atoms with E-state index >= 15 is 0 Å². The van der Waals surface area contributed by atoms with E-state index in [0.29, 0.717) is 25.9 Å². The van der Waals surface area contributed by atoms with Crippen LogP contribution in [0.25, 0.3) is 0 Å². The largest absolute Gasteiger partial charge is 0.466 e. The summed E-state index contributed by atoms with van der Waals surface area (Å²) in [5.74, 6) is -1.75. The van der Waals surface area contributed by atoms with Gasteiger partial charge in [0.15, 0.2) is 5.79 Å². The molecule has 0 aromatic carbocycles. The average molecular weight is 272 g/mol. The minimum atomic E-state index is -1.59. The second-order valence-electron chi connectivity index (χ2n) is 5.63. The van der Waals surface area contributed by atoms with Gasteiger partial charge in [-0.3, -0.25) is 4.79 Å². The fraction of sp³-hybridized carbons (Fsp3) is 0.933. The summed E-state index contributed by atoms with van der Waals surface area (Å²) in [6.45, 7) is 0.293. The molecule has 1 heterocycles. The Morgan fingerprint density at radius 1 is 0.789 bits per heavy atom. The third-order valence-corrected chi connectivity index (χ3v) is 3.69. The third-order valence-electron chi connectivity index (χ3n) is 3.69. The predicted molar refractivity (Wildman–Crippen MR) is 73.5 cm³/mol. The van der Waals surface area contributed by atoms with Crippen LogP contribution in [0.5, 0.6) is 0 Å². The first-order valence-corrected chi connectivity index (χ1v) is 7.70. The number of carbonyl (C=O) groups excluding carboxylic acids is 1. The van der Waals surface area contributed by atoms with E-state index in [9.17, 15) is 15.0 Å². The summed E-state index contributed by atoms with van der Waals surface area (Å²) in [6, 6.07) is 0. The fourth-order valence-electron chi connectivity index (χ4n) is 2.48. The molecular formula is C15H28O4. The molecule has 4 nitrogen and oxygen atoms in total. The smallest absolute Gasteiger partial charge is 0.305 e. The van der Waals surface area contributed by atoms with Crippen molar-refractivity contribution in [3.63, 3.8) is 0 Å². The van der Waals surface area contributed by atoms with Gasteiger partial charge in [0.05, 0.1) is 6.61 Å². The Labute approximate surface area is 116 Å². The molecule has 0 radical (unpaired) electrons. The normalized spacial score (nSPS) is 24.6. The monoisotopic (exact) mass is 272 g/mol. The first-order valence-electron chi connectivity index (χ1n) is 7.70. The van der Waals surface area contributed by atoms with E-state index in [-0.39, 0.29) is 12.4 Å². The van der Waals surface area contributed by atoms with E-state index < -0.39 is 5.79 Å². The summed E-state index contributed by atoms with van der Waals surface area (Å²) in [7, 11) is 0. The Morgan fingerprint density at radius 3 is 2.00 bits per heavy atom. The van der Waals surface area contributed by atoms with Gasteiger partial charge in [0, 0.05) is 19.3 Å². The van der Waals surface area contributed by atoms with Crippen LogP contribution in [0.3, 0.4) is 0 Å². The zero-order chi connectivity index (χ0) is 14.0. The van der Waals surface area contributed by atoms with Gasteiger partial charge in [0.1, 0.15) is 0 Å². The number of carbonyl (C=O) groups is 1. The third kappa shape index (κ3) is 9.00. The van der Waals surface area contributed by atoms with Crippen LogP contribution in [-0.4, -0.2) is 28.6 Å². The molecule has 1 aliphatic heterocycles. The van der Waals surface area contributed by atoms with Gasteiger partial charge in [0.25, 0.3) is 0 Å². The summed E-state index contributed by atoms with van der Waals surface area (Å²) >= 11 is 0. The molecule has 19 heavy (non-hydrogen) atoms. The highest BCUT2D eigenvalue weighted by atomic mass is 16.5. The van der Waals surface area contributed by atoms with Gasteiger partial charge < -0.3 is 14.9 Å². The molecule has 0 amide bonds. The molecular weight excluding hydrogens is 244 g/mol. The Balaban J connectivity index is 2.30. The molecule has 0 aliphatic carbocycles. The maximum absolute atomic E-state index is 11.4. The first-order chi connectivity index (χ1) is 9.10. The van der Waals surface area contributed by atoms with Crippen LogP contribution in [0.15, 0.2) is 0 Å². The SMILES string of the molecule is O=C1CCCCCCCCCCC(O)(O)CCCO1. The van der Waals surface area contributed by atoms with E-state index in [1.807, 2.05) is 0 Å². The first kappa shape index (κ1) is 16.4. The van der Waals surface area contributed by atoms with E-state index in [0.717, 1.165) is 32.1 Å². The van der Waals surface area contributed by atoms with Crippen LogP contribution < -0.4 is 0 Å². The van der Waals surface area contributed by atoms with Gasteiger partial charge >= 0.3 is 5.97 Å². The molecule has 0 atom stereocenters. The van der Waals surface area contributed by atoms with Crippen LogP contribution >= 0.6 is 0 Å². The molecule has 0 bridgehead atoms. The van der Waals surface area contributed by atoms with Gasteiger partial charge in [-0.1, -0.05) is 38.5 Å². The lowest BCUT2D eigenvalue weighted by molar-refractivity contribution is -0.175. The molecule has 1 rings (SSSR count). The summed E-state index contributed by atoms with van der Waals surface area (Å²) in [6.07, 6.45) is 10.4. The maximum atomic E-state index is 11.4. The van der Waals surface area contributed by atoms with Crippen molar-refractivity contribution in [3.05, 3.63) is 0 Å². The van der Waals surface area contributed by atoms with Crippen molar-refractivity contribution in [2.24, 2.45) is 0 Å². The van der Waals surface area contributed by atoms with Crippen molar-refractivity contribution >= 4 is 5.97 Å². The van der Waals surface area contributed by atoms with Crippen LogP contribution in [0.1, 0.15) is 77.0 Å². The molecule has 1 aliphatic rings. The number of aliphatic hydroxyl groups is 2. The molecule has 0 saturated carbocycles. The maximum Gasteiger partial charge on any atom is 0.305 e. The van der Waals surface area contributed by atoms with Gasteiger partial charge in [-0.25, -0.2) is 0 Å². The Hall–Kier alpha value is -0.610. The Bertz CT molecular complexity index is 251. The molecule has 4 heteroatoms. The molecule has 1 fully saturated rings. The topological polar surface area (TPSA) is 66.8 Å². The fourth-order valence-corrected chi connectivity index (χ4v) is 2.48. The molecule has 0 spiro atoms. The molecule has 0 aromatic rings. The van der Waals surface area contributed by atoms with Gasteiger partial charge in [-0.2, -0.15) is 0 Å². The van der Waals surface area contributed by atoms with Gasteiger partial charge in [-0.15, -0.1) is 0 Å². The zero-order valence-corrected chi connectivity index (χ0v) is 11.9. The van der Waals surface area contributed by atoms with Crippen LogP contribution in [-0.2, 0) is 9.53 Å². The lowest BCUT2D eigenvalue weighted by Gasteiger charge is -2.21. The minimum Gasteiger partial charge on any atom is -0.466 e. The van der Waals surface area contributed by atoms with Crippen molar-refractivity contribution in [1.29, 1.82) is 0 Å². The minimum absolute atomic E-state index is 0.159. The van der Waals surface area contributed by atoms with Gasteiger partial charge in [-0.05, 0) is 19.3 Å². The van der Waals surface area contributed by atoms with Crippen molar-refractivity contribution in [3.8, 4) is 0 Å². The molecule has 112 valence electrons. The summed E-state index contributed by atoms with van der Waals surface area (Å²) in [5.41, 5.74) is 0. The van der Waals surface area contributed by atoms with Crippen LogP contribution in [0.2, 0.25) is 0 Å². The van der Waals surface area contributed by atoms with Gasteiger partial charge in [0.2, 0.25) is 0 Å². The van der Waals surface area contributed by atoms with E-state index in [4.69, 9.17) is 4.74 Å². The average Bonchev–Trinajstić information content (AvgIpc) is 2.36. The van der Waals surface area contributed by atoms with E-state index in [2.05, 4.69) is 0 Å². The Morgan fingerprint density at radius 2 is 1.32 bits per heavy atom. The molecule has 0 unspecified atom stereocenters. The number of ether oxygens (including phenoxy) is 1. The van der Waals surface area contributed by atoms with Crippen molar-refractivity contribution in [1.82, 2.24) is 0 Å². The molecule has 2 N–H and O–H groups in total.